The highest BCUT2D eigenvalue weighted by Gasteiger charge is 2.52. The minimum absolute atomic E-state index is 0.289. The van der Waals surface area contributed by atoms with Crippen molar-refractivity contribution >= 4 is 12.6 Å². The van der Waals surface area contributed by atoms with Gasteiger partial charge in [0.1, 0.15) is 0 Å². The highest BCUT2D eigenvalue weighted by molar-refractivity contribution is 6.68. The van der Waals surface area contributed by atoms with Crippen molar-refractivity contribution in [2.24, 2.45) is 0 Å². The lowest BCUT2D eigenvalue weighted by Crippen LogP contribution is -2.41. The highest BCUT2D eigenvalue weighted by atomic mass is 16.7. The van der Waals surface area contributed by atoms with E-state index in [1.807, 2.05) is 25.1 Å². The lowest BCUT2D eigenvalue weighted by atomic mass is 9.74. The van der Waals surface area contributed by atoms with Crippen molar-refractivity contribution in [2.45, 2.75) is 45.8 Å². The van der Waals surface area contributed by atoms with Crippen LogP contribution < -0.4 is 0 Å². The molecule has 0 atom stereocenters. The summed E-state index contributed by atoms with van der Waals surface area (Å²) in [5, 5.41) is 0. The molecule has 0 N–H and O–H groups in total. The molecule has 18 heavy (non-hydrogen) atoms. The van der Waals surface area contributed by atoms with E-state index in [4.69, 9.17) is 9.31 Å². The first-order valence-electron chi connectivity index (χ1n) is 6.45. The van der Waals surface area contributed by atoms with E-state index in [0.29, 0.717) is 0 Å². The van der Waals surface area contributed by atoms with Gasteiger partial charge >= 0.3 is 7.12 Å². The normalized spacial score (nSPS) is 22.3. The van der Waals surface area contributed by atoms with Crippen LogP contribution in [0.25, 0.3) is 5.47 Å². The van der Waals surface area contributed by atoms with E-state index in [-0.39, 0.29) is 18.3 Å². The Hall–Kier alpha value is -1.06. The van der Waals surface area contributed by atoms with Crippen LogP contribution in [0.5, 0.6) is 0 Å². The Labute approximate surface area is 110 Å². The highest BCUT2D eigenvalue weighted by Crippen LogP contribution is 2.40. The summed E-state index contributed by atoms with van der Waals surface area (Å²) < 4.78 is 12.2. The number of rotatable bonds is 2. The van der Waals surface area contributed by atoms with Crippen molar-refractivity contribution < 1.29 is 9.31 Å². The smallest absolute Gasteiger partial charge is 0.399 e. The zero-order valence-corrected chi connectivity index (χ0v) is 11.9. The van der Waals surface area contributed by atoms with Crippen LogP contribution in [0.2, 0.25) is 0 Å². The lowest BCUT2D eigenvalue weighted by Gasteiger charge is -2.32. The topological polar surface area (TPSA) is 18.5 Å². The van der Waals surface area contributed by atoms with Gasteiger partial charge in [0, 0.05) is 0 Å². The average molecular weight is 244 g/mol. The van der Waals surface area contributed by atoms with E-state index >= 15 is 0 Å². The predicted molar refractivity (Wildman–Crippen MR) is 76.2 cm³/mol. The van der Waals surface area contributed by atoms with Crippen LogP contribution in [-0.2, 0) is 9.31 Å². The molecule has 1 aliphatic rings. The summed E-state index contributed by atoms with van der Waals surface area (Å²) in [7, 11) is -0.289. The molecule has 2 rings (SSSR count). The van der Waals surface area contributed by atoms with Crippen molar-refractivity contribution in [2.75, 3.05) is 0 Å². The van der Waals surface area contributed by atoms with Crippen molar-refractivity contribution in [1.29, 1.82) is 0 Å². The Bertz CT molecular complexity index is 433. The summed E-state index contributed by atoms with van der Waals surface area (Å²) in [6.45, 7) is 10.3. The fourth-order valence-electron chi connectivity index (χ4n) is 2.04. The second-order valence-corrected chi connectivity index (χ2v) is 5.70. The summed E-state index contributed by atoms with van der Waals surface area (Å²) in [6.07, 6.45) is 2.07. The molecule has 0 aromatic heterocycles. The van der Waals surface area contributed by atoms with Crippen molar-refractivity contribution in [3.8, 4) is 0 Å². The molecule has 1 aromatic rings. The Morgan fingerprint density at radius 1 is 1.00 bits per heavy atom. The second kappa shape index (κ2) is 4.56. The minimum Gasteiger partial charge on any atom is -0.399 e. The maximum atomic E-state index is 6.08. The molecule has 3 heteroatoms. The lowest BCUT2D eigenvalue weighted by molar-refractivity contribution is 0.00578. The number of allylic oxidation sites excluding steroid dienone is 1. The van der Waals surface area contributed by atoms with Gasteiger partial charge in [0.05, 0.1) is 11.2 Å². The number of hydrogen-bond acceptors (Lipinski definition) is 2. The van der Waals surface area contributed by atoms with Crippen LogP contribution in [-0.4, -0.2) is 18.3 Å². The first-order chi connectivity index (χ1) is 8.37. The third-order valence-corrected chi connectivity index (χ3v) is 3.93. The van der Waals surface area contributed by atoms with Crippen LogP contribution in [0.4, 0.5) is 0 Å². The average Bonchev–Trinajstić information content (AvgIpc) is 2.50. The largest absolute Gasteiger partial charge is 0.495 e. The third-order valence-electron chi connectivity index (χ3n) is 3.93. The van der Waals surface area contributed by atoms with Crippen LogP contribution >= 0.6 is 0 Å². The molecule has 1 aromatic carbocycles. The summed E-state index contributed by atoms with van der Waals surface area (Å²) >= 11 is 0. The summed E-state index contributed by atoms with van der Waals surface area (Å²) in [4.78, 5) is 0. The fourth-order valence-corrected chi connectivity index (χ4v) is 2.04. The molecule has 0 aliphatic carbocycles. The van der Waals surface area contributed by atoms with Gasteiger partial charge in [0.2, 0.25) is 0 Å². The summed E-state index contributed by atoms with van der Waals surface area (Å²) in [6, 6.07) is 10.2. The molecule has 1 aliphatic heterocycles. The zero-order chi connectivity index (χ0) is 13.4. The molecular formula is C15H21BO2. The van der Waals surface area contributed by atoms with Gasteiger partial charge in [0.25, 0.3) is 0 Å². The number of benzene rings is 1. The van der Waals surface area contributed by atoms with Crippen LogP contribution in [0.1, 0.15) is 40.2 Å². The van der Waals surface area contributed by atoms with Gasteiger partial charge in [-0.1, -0.05) is 36.4 Å². The summed E-state index contributed by atoms with van der Waals surface area (Å²) in [5.74, 6) is 0. The number of hydrogen-bond donors (Lipinski definition) is 0. The maximum absolute atomic E-state index is 6.08. The first-order valence-corrected chi connectivity index (χ1v) is 6.45. The van der Waals surface area contributed by atoms with Crippen LogP contribution in [0.3, 0.4) is 0 Å². The van der Waals surface area contributed by atoms with E-state index in [2.05, 4.69) is 45.9 Å². The van der Waals surface area contributed by atoms with Crippen molar-refractivity contribution in [3.63, 3.8) is 0 Å². The van der Waals surface area contributed by atoms with Crippen molar-refractivity contribution in [1.82, 2.24) is 0 Å². The summed E-state index contributed by atoms with van der Waals surface area (Å²) in [5.41, 5.74) is 1.66. The molecule has 0 radical (unpaired) electrons. The van der Waals surface area contributed by atoms with Gasteiger partial charge in [-0.2, -0.15) is 0 Å². The third kappa shape index (κ3) is 2.25. The Balaban J connectivity index is 2.28. The first kappa shape index (κ1) is 13.4. The van der Waals surface area contributed by atoms with Crippen LogP contribution in [0.15, 0.2) is 36.4 Å². The molecule has 0 amide bonds. The molecule has 1 heterocycles. The Morgan fingerprint density at radius 2 is 1.50 bits per heavy atom. The molecule has 96 valence electrons. The van der Waals surface area contributed by atoms with Gasteiger partial charge in [-0.15, -0.1) is 0 Å². The van der Waals surface area contributed by atoms with Crippen molar-refractivity contribution in [3.05, 3.63) is 42.0 Å². The quantitative estimate of drug-likeness (QED) is 0.738. The van der Waals surface area contributed by atoms with Gasteiger partial charge in [0.15, 0.2) is 0 Å². The molecule has 0 bridgehead atoms. The SMILES string of the molecule is C/C=C(/B1OC(C)(C)C(C)(C)O1)c1ccccc1. The van der Waals surface area contributed by atoms with E-state index in [0.717, 1.165) is 11.0 Å². The molecule has 0 spiro atoms. The van der Waals surface area contributed by atoms with Crippen LogP contribution in [0, 0.1) is 0 Å². The van der Waals surface area contributed by atoms with Gasteiger partial charge in [-0.05, 0) is 45.7 Å². The monoisotopic (exact) mass is 244 g/mol. The Morgan fingerprint density at radius 3 is 1.94 bits per heavy atom. The van der Waals surface area contributed by atoms with E-state index in [1.54, 1.807) is 0 Å². The predicted octanol–water partition coefficient (Wildman–Crippen LogP) is 3.72. The zero-order valence-electron chi connectivity index (χ0n) is 11.9. The van der Waals surface area contributed by atoms with Gasteiger partial charge in [-0.25, -0.2) is 0 Å². The van der Waals surface area contributed by atoms with Gasteiger partial charge in [-0.3, -0.25) is 0 Å². The maximum Gasteiger partial charge on any atom is 0.495 e. The molecule has 0 unspecified atom stereocenters. The standard InChI is InChI=1S/C15H21BO2/c1-6-13(12-10-8-7-9-11-12)16-17-14(2,3)15(4,5)18-16/h6-11H,1-5H3/b13-6+. The molecule has 0 saturated carbocycles. The van der Waals surface area contributed by atoms with E-state index in [9.17, 15) is 0 Å². The minimum atomic E-state index is -0.291. The Kier molecular flexibility index (Phi) is 3.39. The molecule has 1 fully saturated rings. The van der Waals surface area contributed by atoms with E-state index < -0.39 is 0 Å². The molecular weight excluding hydrogens is 223 g/mol. The van der Waals surface area contributed by atoms with Gasteiger partial charge < -0.3 is 9.31 Å². The molecule has 2 nitrogen and oxygen atoms in total. The molecule has 1 saturated heterocycles. The van der Waals surface area contributed by atoms with E-state index in [1.165, 1.54) is 0 Å². The second-order valence-electron chi connectivity index (χ2n) is 5.70. The fraction of sp³-hybridized carbons (Fsp3) is 0.467.